The van der Waals surface area contributed by atoms with E-state index in [0.29, 0.717) is 22.7 Å². The summed E-state index contributed by atoms with van der Waals surface area (Å²) in [7, 11) is 0. The van der Waals surface area contributed by atoms with Crippen LogP contribution in [0.5, 0.6) is 0 Å². The van der Waals surface area contributed by atoms with Crippen LogP contribution in [0.3, 0.4) is 0 Å². The maximum Gasteiger partial charge on any atom is 0.148 e. The molecule has 0 unspecified atom stereocenters. The number of halogens is 2. The molecule has 0 aliphatic rings. The molecule has 104 valence electrons. The first-order chi connectivity index (χ1) is 10.2. The average molecular weight is 347 g/mol. The fourth-order valence-electron chi connectivity index (χ4n) is 2.20. The maximum absolute atomic E-state index is 14.1. The van der Waals surface area contributed by atoms with Gasteiger partial charge in [0.05, 0.1) is 27.4 Å². The van der Waals surface area contributed by atoms with Crippen molar-refractivity contribution in [3.8, 4) is 0 Å². The lowest BCUT2D eigenvalue weighted by Crippen LogP contribution is -1.97. The molecular formula is C13H8BrFN6. The Balaban J connectivity index is 1.83. The molecule has 4 rings (SSSR count). The Kier molecular flexibility index (Phi) is 2.64. The zero-order chi connectivity index (χ0) is 14.4. The highest BCUT2D eigenvalue weighted by molar-refractivity contribution is 9.10. The first kappa shape index (κ1) is 12.3. The molecule has 0 saturated heterocycles. The molecule has 3 N–H and O–H groups in total. The summed E-state index contributed by atoms with van der Waals surface area (Å²) in [6, 6.07) is 4.92. The van der Waals surface area contributed by atoms with E-state index in [1.165, 1.54) is 12.4 Å². The van der Waals surface area contributed by atoms with Crippen molar-refractivity contribution >= 4 is 49.4 Å². The molecule has 4 aromatic rings. The summed E-state index contributed by atoms with van der Waals surface area (Å²) in [6.45, 7) is 0. The van der Waals surface area contributed by atoms with E-state index in [4.69, 9.17) is 0 Å². The Hall–Kier alpha value is -2.48. The van der Waals surface area contributed by atoms with E-state index in [9.17, 15) is 4.39 Å². The number of hydrogen-bond acceptors (Lipinski definition) is 4. The van der Waals surface area contributed by atoms with Gasteiger partial charge in [0.1, 0.15) is 23.6 Å². The number of H-pyrrole nitrogens is 2. The summed E-state index contributed by atoms with van der Waals surface area (Å²) in [6.07, 6.45) is 3.06. The Morgan fingerprint density at radius 1 is 1.19 bits per heavy atom. The van der Waals surface area contributed by atoms with E-state index in [2.05, 4.69) is 46.4 Å². The van der Waals surface area contributed by atoms with Gasteiger partial charge in [-0.3, -0.25) is 5.10 Å². The van der Waals surface area contributed by atoms with Crippen LogP contribution in [0, 0.1) is 5.82 Å². The predicted octanol–water partition coefficient (Wildman–Crippen LogP) is 3.48. The third-order valence-electron chi connectivity index (χ3n) is 3.17. The van der Waals surface area contributed by atoms with Crippen LogP contribution < -0.4 is 5.32 Å². The predicted molar refractivity (Wildman–Crippen MR) is 80.9 cm³/mol. The Morgan fingerprint density at radius 2 is 2.10 bits per heavy atom. The highest BCUT2D eigenvalue weighted by Crippen LogP contribution is 2.28. The molecule has 8 heteroatoms. The van der Waals surface area contributed by atoms with Crippen LogP contribution in [0.4, 0.5) is 15.9 Å². The normalized spacial score (nSPS) is 11.3. The molecule has 0 bridgehead atoms. The van der Waals surface area contributed by atoms with Crippen LogP contribution in [0.25, 0.3) is 21.9 Å². The first-order valence-electron chi connectivity index (χ1n) is 6.09. The molecule has 0 fully saturated rings. The summed E-state index contributed by atoms with van der Waals surface area (Å²) in [5, 5.41) is 11.2. The van der Waals surface area contributed by atoms with Crippen molar-refractivity contribution in [2.45, 2.75) is 0 Å². The lowest BCUT2D eigenvalue weighted by atomic mass is 10.2. The minimum atomic E-state index is -0.381. The van der Waals surface area contributed by atoms with Crippen molar-refractivity contribution in [2.75, 3.05) is 5.32 Å². The van der Waals surface area contributed by atoms with Gasteiger partial charge in [-0.1, -0.05) is 0 Å². The van der Waals surface area contributed by atoms with Gasteiger partial charge in [0.15, 0.2) is 0 Å². The maximum atomic E-state index is 14.1. The zero-order valence-electron chi connectivity index (χ0n) is 10.5. The van der Waals surface area contributed by atoms with Crippen LogP contribution in [0.15, 0.2) is 35.3 Å². The highest BCUT2D eigenvalue weighted by atomic mass is 79.9. The Morgan fingerprint density at radius 3 is 3.00 bits per heavy atom. The van der Waals surface area contributed by atoms with Crippen LogP contribution in [-0.4, -0.2) is 25.1 Å². The molecule has 3 aromatic heterocycles. The topological polar surface area (TPSA) is 82.3 Å². The van der Waals surface area contributed by atoms with Crippen molar-refractivity contribution in [1.29, 1.82) is 0 Å². The van der Waals surface area contributed by atoms with Crippen LogP contribution in [0.2, 0.25) is 0 Å². The number of aromatic amines is 2. The molecule has 0 radical (unpaired) electrons. The van der Waals surface area contributed by atoms with E-state index in [0.717, 1.165) is 15.4 Å². The van der Waals surface area contributed by atoms with Gasteiger partial charge in [-0.15, -0.1) is 0 Å². The number of nitrogens with one attached hydrogen (secondary N) is 3. The number of benzene rings is 1. The van der Waals surface area contributed by atoms with Gasteiger partial charge < -0.3 is 10.3 Å². The summed E-state index contributed by atoms with van der Waals surface area (Å²) >= 11 is 3.35. The van der Waals surface area contributed by atoms with Crippen molar-refractivity contribution in [2.24, 2.45) is 0 Å². The monoisotopic (exact) mass is 346 g/mol. The minimum Gasteiger partial charge on any atom is -0.337 e. The second-order valence-corrected chi connectivity index (χ2v) is 5.37. The lowest BCUT2D eigenvalue weighted by molar-refractivity contribution is 0.633. The van der Waals surface area contributed by atoms with Crippen molar-refractivity contribution in [3.63, 3.8) is 0 Å². The molecule has 0 amide bonds. The molecule has 3 heterocycles. The molecule has 0 aliphatic heterocycles. The number of rotatable bonds is 2. The minimum absolute atomic E-state index is 0.334. The Labute approximate surface area is 125 Å². The molecule has 0 saturated carbocycles. The van der Waals surface area contributed by atoms with E-state index in [1.807, 2.05) is 6.07 Å². The average Bonchev–Trinajstić information content (AvgIpc) is 3.04. The zero-order valence-corrected chi connectivity index (χ0v) is 12.1. The fraction of sp³-hybridized carbons (Fsp3) is 0. The largest absolute Gasteiger partial charge is 0.337 e. The number of fused-ring (bicyclic) bond motifs is 2. The standard InChI is InChI=1S/C13H8BrFN6/c14-11-2-7-12(16-5-17-13(7)20-11)19-10-1-6-4-18-21-9(6)3-8(10)15/h1-5H,(H,18,21)(H2,16,17,19,20). The highest BCUT2D eigenvalue weighted by Gasteiger charge is 2.11. The third kappa shape index (κ3) is 2.04. The van der Waals surface area contributed by atoms with Gasteiger partial charge in [0, 0.05) is 11.5 Å². The first-order valence-corrected chi connectivity index (χ1v) is 6.89. The van der Waals surface area contributed by atoms with Crippen molar-refractivity contribution in [1.82, 2.24) is 25.1 Å². The molecular weight excluding hydrogens is 339 g/mol. The van der Waals surface area contributed by atoms with E-state index in [-0.39, 0.29) is 5.82 Å². The Bertz CT molecular complexity index is 960. The van der Waals surface area contributed by atoms with Gasteiger partial charge in [0.25, 0.3) is 0 Å². The smallest absolute Gasteiger partial charge is 0.148 e. The second-order valence-electron chi connectivity index (χ2n) is 4.52. The number of aromatic nitrogens is 5. The molecule has 0 spiro atoms. The number of hydrogen-bond donors (Lipinski definition) is 3. The van der Waals surface area contributed by atoms with Gasteiger partial charge in [0.2, 0.25) is 0 Å². The van der Waals surface area contributed by atoms with Crippen LogP contribution in [0.1, 0.15) is 0 Å². The molecule has 0 atom stereocenters. The quantitative estimate of drug-likeness (QED) is 0.519. The number of anilines is 2. The lowest BCUT2D eigenvalue weighted by Gasteiger charge is -2.07. The van der Waals surface area contributed by atoms with Crippen molar-refractivity contribution in [3.05, 3.63) is 41.1 Å². The van der Waals surface area contributed by atoms with Crippen molar-refractivity contribution < 1.29 is 4.39 Å². The van der Waals surface area contributed by atoms with Crippen LogP contribution in [-0.2, 0) is 0 Å². The van der Waals surface area contributed by atoms with E-state index < -0.39 is 0 Å². The van der Waals surface area contributed by atoms with Crippen LogP contribution >= 0.6 is 15.9 Å². The van der Waals surface area contributed by atoms with E-state index in [1.54, 1.807) is 12.3 Å². The molecule has 1 aromatic carbocycles. The second kappa shape index (κ2) is 4.52. The van der Waals surface area contributed by atoms with Gasteiger partial charge in [-0.2, -0.15) is 5.10 Å². The van der Waals surface area contributed by atoms with Gasteiger partial charge in [-0.05, 0) is 28.1 Å². The van der Waals surface area contributed by atoms with Gasteiger partial charge >= 0.3 is 0 Å². The summed E-state index contributed by atoms with van der Waals surface area (Å²) in [5.74, 6) is 0.150. The van der Waals surface area contributed by atoms with Gasteiger partial charge in [-0.25, -0.2) is 14.4 Å². The SMILES string of the molecule is Fc1cc2[nH]ncc2cc1Nc1ncnc2[nH]c(Br)cc12. The summed E-state index contributed by atoms with van der Waals surface area (Å²) in [5.41, 5.74) is 1.65. The van der Waals surface area contributed by atoms with E-state index >= 15 is 0 Å². The summed E-state index contributed by atoms with van der Waals surface area (Å²) < 4.78 is 14.9. The summed E-state index contributed by atoms with van der Waals surface area (Å²) in [4.78, 5) is 11.3. The third-order valence-corrected chi connectivity index (χ3v) is 3.60. The fourth-order valence-corrected chi connectivity index (χ4v) is 2.61. The molecule has 0 aliphatic carbocycles. The molecule has 21 heavy (non-hydrogen) atoms. The number of nitrogens with zero attached hydrogens (tertiary/aromatic N) is 3. The molecule has 6 nitrogen and oxygen atoms in total.